The molecule has 3 aromatic rings. The van der Waals surface area contributed by atoms with Gasteiger partial charge in [0, 0.05) is 4.47 Å². The van der Waals surface area contributed by atoms with Crippen molar-refractivity contribution in [3.63, 3.8) is 0 Å². The largest absolute Gasteiger partial charge is 0.484 e. The quantitative estimate of drug-likeness (QED) is 0.661. The molecule has 8 heteroatoms. The van der Waals surface area contributed by atoms with E-state index in [0.717, 1.165) is 4.47 Å². The van der Waals surface area contributed by atoms with Crippen LogP contribution in [0.25, 0.3) is 11.0 Å². The van der Waals surface area contributed by atoms with Crippen LogP contribution in [0, 0.1) is 0 Å². The molecule has 2 heterocycles. The van der Waals surface area contributed by atoms with Crippen LogP contribution in [-0.2, 0) is 4.79 Å². The molecule has 1 aliphatic heterocycles. The molecule has 1 aromatic heterocycles. The van der Waals surface area contributed by atoms with Gasteiger partial charge in [-0.15, -0.1) is 0 Å². The van der Waals surface area contributed by atoms with E-state index in [9.17, 15) is 14.4 Å². The lowest BCUT2D eigenvalue weighted by Gasteiger charge is -2.12. The SMILES string of the molecule is NC(=O)COc1ccc(C2NC(=O)c3oc4ccc(Br)cc4c(=O)c32)cc1. The number of hydrogen-bond donors (Lipinski definition) is 2. The van der Waals surface area contributed by atoms with Gasteiger partial charge in [-0.1, -0.05) is 28.1 Å². The number of primary amides is 1. The third kappa shape index (κ3) is 3.08. The topological polar surface area (TPSA) is 112 Å². The van der Waals surface area contributed by atoms with Crippen LogP contribution in [0.15, 0.2) is 56.1 Å². The second-order valence-corrected chi connectivity index (χ2v) is 6.96. The molecule has 0 aliphatic carbocycles. The van der Waals surface area contributed by atoms with Crippen LogP contribution >= 0.6 is 15.9 Å². The minimum absolute atomic E-state index is 0.0221. The Morgan fingerprint density at radius 2 is 1.93 bits per heavy atom. The van der Waals surface area contributed by atoms with Gasteiger partial charge in [0.25, 0.3) is 11.8 Å². The van der Waals surface area contributed by atoms with Crippen LogP contribution in [-0.4, -0.2) is 18.4 Å². The predicted molar refractivity (Wildman–Crippen MR) is 101 cm³/mol. The average molecular weight is 429 g/mol. The fraction of sp³-hybridized carbons (Fsp3) is 0.105. The minimum Gasteiger partial charge on any atom is -0.484 e. The van der Waals surface area contributed by atoms with Crippen molar-refractivity contribution in [2.75, 3.05) is 6.61 Å². The summed E-state index contributed by atoms with van der Waals surface area (Å²) in [5.74, 6) is -0.539. The number of carbonyl (C=O) groups excluding carboxylic acids is 2. The molecule has 3 N–H and O–H groups in total. The maximum absolute atomic E-state index is 13.0. The highest BCUT2D eigenvalue weighted by atomic mass is 79.9. The Balaban J connectivity index is 1.76. The molecule has 0 saturated carbocycles. The van der Waals surface area contributed by atoms with Gasteiger partial charge in [0.2, 0.25) is 5.76 Å². The van der Waals surface area contributed by atoms with E-state index in [-0.39, 0.29) is 23.4 Å². The van der Waals surface area contributed by atoms with Crippen LogP contribution in [0.2, 0.25) is 0 Å². The van der Waals surface area contributed by atoms with Crippen molar-refractivity contribution < 1.29 is 18.7 Å². The first kappa shape index (κ1) is 17.3. The summed E-state index contributed by atoms with van der Waals surface area (Å²) in [6, 6.07) is 11.1. The van der Waals surface area contributed by atoms with Crippen molar-refractivity contribution in [3.8, 4) is 5.75 Å². The summed E-state index contributed by atoms with van der Waals surface area (Å²) in [7, 11) is 0. The number of fused-ring (bicyclic) bond motifs is 2. The van der Waals surface area contributed by atoms with E-state index < -0.39 is 17.9 Å². The maximum Gasteiger partial charge on any atom is 0.288 e. The van der Waals surface area contributed by atoms with Crippen molar-refractivity contribution >= 4 is 38.7 Å². The Labute approximate surface area is 161 Å². The van der Waals surface area contributed by atoms with Gasteiger partial charge in [0.15, 0.2) is 12.0 Å². The molecule has 1 aliphatic rings. The van der Waals surface area contributed by atoms with Crippen LogP contribution in [0.5, 0.6) is 5.75 Å². The maximum atomic E-state index is 13.0. The summed E-state index contributed by atoms with van der Waals surface area (Å²) < 4.78 is 11.6. The molecule has 4 rings (SSSR count). The zero-order chi connectivity index (χ0) is 19.1. The number of nitrogens with one attached hydrogen (secondary N) is 1. The van der Waals surface area contributed by atoms with Crippen molar-refractivity contribution in [1.82, 2.24) is 5.32 Å². The van der Waals surface area contributed by atoms with E-state index in [1.54, 1.807) is 42.5 Å². The Hall–Kier alpha value is -3.13. The van der Waals surface area contributed by atoms with Gasteiger partial charge in [-0.05, 0) is 35.9 Å². The highest BCUT2D eigenvalue weighted by Gasteiger charge is 2.35. The summed E-state index contributed by atoms with van der Waals surface area (Å²) in [6.07, 6.45) is 0. The number of amides is 2. The molecule has 0 spiro atoms. The van der Waals surface area contributed by atoms with E-state index in [0.29, 0.717) is 22.3 Å². The Bertz CT molecular complexity index is 1140. The first-order valence-corrected chi connectivity index (χ1v) is 8.81. The van der Waals surface area contributed by atoms with Gasteiger partial charge >= 0.3 is 0 Å². The average Bonchev–Trinajstić information content (AvgIpc) is 2.98. The number of hydrogen-bond acceptors (Lipinski definition) is 5. The summed E-state index contributed by atoms with van der Waals surface area (Å²) in [6.45, 7) is -0.229. The van der Waals surface area contributed by atoms with E-state index >= 15 is 0 Å². The smallest absolute Gasteiger partial charge is 0.288 e. The summed E-state index contributed by atoms with van der Waals surface area (Å²) >= 11 is 3.34. The van der Waals surface area contributed by atoms with E-state index in [1.807, 2.05) is 0 Å². The number of carbonyl (C=O) groups is 2. The highest BCUT2D eigenvalue weighted by Crippen LogP contribution is 2.32. The van der Waals surface area contributed by atoms with Crippen LogP contribution < -0.4 is 21.2 Å². The number of ether oxygens (including phenoxy) is 1. The Morgan fingerprint density at radius 1 is 1.19 bits per heavy atom. The van der Waals surface area contributed by atoms with Crippen LogP contribution in [0.1, 0.15) is 27.7 Å². The lowest BCUT2D eigenvalue weighted by atomic mass is 9.99. The first-order valence-electron chi connectivity index (χ1n) is 8.02. The molecule has 0 fully saturated rings. The molecule has 2 amide bonds. The minimum atomic E-state index is -0.627. The van der Waals surface area contributed by atoms with Crippen molar-refractivity contribution in [3.05, 3.63) is 74.0 Å². The third-order valence-electron chi connectivity index (χ3n) is 4.25. The number of rotatable bonds is 4. The van der Waals surface area contributed by atoms with Gasteiger partial charge in [-0.2, -0.15) is 0 Å². The normalized spacial score (nSPS) is 15.4. The van der Waals surface area contributed by atoms with Gasteiger partial charge < -0.3 is 20.2 Å². The van der Waals surface area contributed by atoms with Gasteiger partial charge in [0.05, 0.1) is 17.0 Å². The second kappa shape index (κ2) is 6.55. The molecule has 0 radical (unpaired) electrons. The van der Waals surface area contributed by atoms with Crippen molar-refractivity contribution in [1.29, 1.82) is 0 Å². The number of benzene rings is 2. The lowest BCUT2D eigenvalue weighted by molar-refractivity contribution is -0.119. The molecule has 7 nitrogen and oxygen atoms in total. The standard InChI is InChI=1S/C19H13BrN2O5/c20-10-3-6-13-12(7-10)17(24)15-16(22-19(25)18(15)27-13)9-1-4-11(5-2-9)26-8-14(21)23/h1-7,16H,8H2,(H2,21,23)(H,22,25). The monoisotopic (exact) mass is 428 g/mol. The zero-order valence-electron chi connectivity index (χ0n) is 13.8. The molecule has 0 bridgehead atoms. The molecular weight excluding hydrogens is 416 g/mol. The molecule has 0 saturated heterocycles. The lowest BCUT2D eigenvalue weighted by Crippen LogP contribution is -2.22. The Kier molecular flexibility index (Phi) is 4.19. The van der Waals surface area contributed by atoms with E-state index in [2.05, 4.69) is 21.2 Å². The van der Waals surface area contributed by atoms with Gasteiger partial charge in [0.1, 0.15) is 11.3 Å². The molecule has 1 atom stereocenters. The summed E-state index contributed by atoms with van der Waals surface area (Å²) in [5, 5.41) is 3.17. The van der Waals surface area contributed by atoms with Crippen molar-refractivity contribution in [2.24, 2.45) is 5.73 Å². The third-order valence-corrected chi connectivity index (χ3v) is 4.75. The molecule has 1 unspecified atom stereocenters. The molecule has 136 valence electrons. The number of nitrogens with two attached hydrogens (primary N) is 1. The second-order valence-electron chi connectivity index (χ2n) is 6.04. The predicted octanol–water partition coefficient (Wildman–Crippen LogP) is 2.25. The van der Waals surface area contributed by atoms with Crippen molar-refractivity contribution in [2.45, 2.75) is 6.04 Å². The fourth-order valence-corrected chi connectivity index (χ4v) is 3.40. The fourth-order valence-electron chi connectivity index (χ4n) is 3.04. The molecular formula is C19H13BrN2O5. The van der Waals surface area contributed by atoms with Gasteiger partial charge in [-0.25, -0.2) is 0 Å². The highest BCUT2D eigenvalue weighted by molar-refractivity contribution is 9.10. The van der Waals surface area contributed by atoms with E-state index in [1.165, 1.54) is 0 Å². The molecule has 27 heavy (non-hydrogen) atoms. The van der Waals surface area contributed by atoms with Gasteiger partial charge in [-0.3, -0.25) is 14.4 Å². The van der Waals surface area contributed by atoms with Crippen LogP contribution in [0.3, 0.4) is 0 Å². The summed E-state index contributed by atoms with van der Waals surface area (Å²) in [4.78, 5) is 36.1. The molecule has 2 aromatic carbocycles. The first-order chi connectivity index (χ1) is 12.9. The van der Waals surface area contributed by atoms with Crippen LogP contribution in [0.4, 0.5) is 0 Å². The number of halogens is 1. The zero-order valence-corrected chi connectivity index (χ0v) is 15.4. The van der Waals surface area contributed by atoms with E-state index in [4.69, 9.17) is 14.9 Å². The summed E-state index contributed by atoms with van der Waals surface area (Å²) in [5.41, 5.74) is 6.11. The Morgan fingerprint density at radius 3 is 2.63 bits per heavy atom.